The molecule has 0 spiro atoms. The number of ether oxygens (including phenoxy) is 2. The quantitative estimate of drug-likeness (QED) is 0.832. The van der Waals surface area contributed by atoms with E-state index in [1.807, 2.05) is 26.0 Å². The zero-order valence-electron chi connectivity index (χ0n) is 14.1. The lowest BCUT2D eigenvalue weighted by molar-refractivity contribution is 0.0521. The SMILES string of the molecule is CCOC(=O)c1c(C)nc(N)nc1COc1cc(C)c(Cl)c(C)c1. The van der Waals surface area contributed by atoms with E-state index in [2.05, 4.69) is 9.97 Å². The van der Waals surface area contributed by atoms with Gasteiger partial charge in [-0.3, -0.25) is 0 Å². The molecule has 0 saturated heterocycles. The highest BCUT2D eigenvalue weighted by Crippen LogP contribution is 2.26. The summed E-state index contributed by atoms with van der Waals surface area (Å²) in [7, 11) is 0. The number of anilines is 1. The molecule has 0 aliphatic rings. The number of halogens is 1. The number of carbonyl (C=O) groups is 1. The van der Waals surface area contributed by atoms with Crippen LogP contribution in [0.25, 0.3) is 0 Å². The number of aromatic nitrogens is 2. The topological polar surface area (TPSA) is 87.3 Å². The molecule has 0 amide bonds. The van der Waals surface area contributed by atoms with Crippen LogP contribution in [0.4, 0.5) is 5.95 Å². The maximum absolute atomic E-state index is 12.1. The lowest BCUT2D eigenvalue weighted by Gasteiger charge is -2.13. The largest absolute Gasteiger partial charge is 0.487 e. The van der Waals surface area contributed by atoms with Crippen molar-refractivity contribution in [1.29, 1.82) is 0 Å². The van der Waals surface area contributed by atoms with Gasteiger partial charge in [-0.05, 0) is 51.0 Å². The molecule has 0 aliphatic carbocycles. The van der Waals surface area contributed by atoms with Gasteiger partial charge in [-0.25, -0.2) is 14.8 Å². The molecular weight excluding hydrogens is 330 g/mol. The highest BCUT2D eigenvalue weighted by Gasteiger charge is 2.20. The predicted molar refractivity (Wildman–Crippen MR) is 92.4 cm³/mol. The van der Waals surface area contributed by atoms with Gasteiger partial charge in [-0.15, -0.1) is 0 Å². The summed E-state index contributed by atoms with van der Waals surface area (Å²) < 4.78 is 10.8. The Balaban J connectivity index is 2.31. The van der Waals surface area contributed by atoms with Crippen LogP contribution in [0.1, 0.15) is 39.8 Å². The number of nitrogens with zero attached hydrogens (tertiary/aromatic N) is 2. The number of hydrogen-bond acceptors (Lipinski definition) is 6. The molecule has 0 radical (unpaired) electrons. The van der Waals surface area contributed by atoms with E-state index in [9.17, 15) is 4.79 Å². The molecule has 128 valence electrons. The summed E-state index contributed by atoms with van der Waals surface area (Å²) >= 11 is 6.16. The van der Waals surface area contributed by atoms with Gasteiger partial charge in [0, 0.05) is 5.02 Å². The van der Waals surface area contributed by atoms with Crippen molar-refractivity contribution in [3.63, 3.8) is 0 Å². The Morgan fingerprint density at radius 1 is 1.21 bits per heavy atom. The minimum absolute atomic E-state index is 0.0716. The van der Waals surface area contributed by atoms with E-state index in [4.69, 9.17) is 26.8 Å². The van der Waals surface area contributed by atoms with E-state index in [1.165, 1.54) is 0 Å². The Labute approximate surface area is 146 Å². The summed E-state index contributed by atoms with van der Waals surface area (Å²) in [6.45, 7) is 7.56. The Kier molecular flexibility index (Phi) is 5.62. The summed E-state index contributed by atoms with van der Waals surface area (Å²) in [6, 6.07) is 3.66. The van der Waals surface area contributed by atoms with E-state index >= 15 is 0 Å². The molecule has 24 heavy (non-hydrogen) atoms. The fourth-order valence-electron chi connectivity index (χ4n) is 2.37. The van der Waals surface area contributed by atoms with Crippen LogP contribution in [0.5, 0.6) is 5.75 Å². The van der Waals surface area contributed by atoms with Gasteiger partial charge < -0.3 is 15.2 Å². The molecule has 0 fully saturated rings. The van der Waals surface area contributed by atoms with Gasteiger partial charge in [0.15, 0.2) is 0 Å². The van der Waals surface area contributed by atoms with E-state index in [0.29, 0.717) is 22.2 Å². The monoisotopic (exact) mass is 349 g/mol. The lowest BCUT2D eigenvalue weighted by Crippen LogP contribution is -2.16. The van der Waals surface area contributed by atoms with Gasteiger partial charge in [0.2, 0.25) is 5.95 Å². The molecule has 2 aromatic rings. The highest BCUT2D eigenvalue weighted by molar-refractivity contribution is 6.32. The van der Waals surface area contributed by atoms with Crippen molar-refractivity contribution in [3.05, 3.63) is 45.2 Å². The average Bonchev–Trinajstić information content (AvgIpc) is 2.49. The Bertz CT molecular complexity index is 755. The second-order valence-electron chi connectivity index (χ2n) is 5.37. The van der Waals surface area contributed by atoms with Crippen molar-refractivity contribution in [3.8, 4) is 5.75 Å². The number of benzene rings is 1. The number of esters is 1. The Morgan fingerprint density at radius 2 is 1.83 bits per heavy atom. The van der Waals surface area contributed by atoms with Crippen LogP contribution < -0.4 is 10.5 Å². The molecule has 1 heterocycles. The smallest absolute Gasteiger partial charge is 0.341 e. The molecule has 7 heteroatoms. The third-order valence-electron chi connectivity index (χ3n) is 3.45. The molecule has 2 rings (SSSR count). The molecule has 0 unspecified atom stereocenters. The van der Waals surface area contributed by atoms with Crippen molar-refractivity contribution >= 4 is 23.5 Å². The third kappa shape index (κ3) is 3.94. The van der Waals surface area contributed by atoms with Crippen molar-refractivity contribution in [2.24, 2.45) is 0 Å². The van der Waals surface area contributed by atoms with Crippen LogP contribution in [0.15, 0.2) is 12.1 Å². The third-order valence-corrected chi connectivity index (χ3v) is 4.04. The van der Waals surface area contributed by atoms with Crippen LogP contribution in [-0.4, -0.2) is 22.5 Å². The van der Waals surface area contributed by atoms with Crippen molar-refractivity contribution in [1.82, 2.24) is 9.97 Å². The average molecular weight is 350 g/mol. The summed E-state index contributed by atoms with van der Waals surface area (Å²) in [5.41, 5.74) is 8.66. The van der Waals surface area contributed by atoms with Crippen LogP contribution in [0, 0.1) is 20.8 Å². The molecule has 0 bridgehead atoms. The lowest BCUT2D eigenvalue weighted by atomic mass is 10.1. The van der Waals surface area contributed by atoms with Gasteiger partial charge in [-0.2, -0.15) is 0 Å². The summed E-state index contributed by atoms with van der Waals surface area (Å²) in [5.74, 6) is 0.235. The van der Waals surface area contributed by atoms with Crippen LogP contribution >= 0.6 is 11.6 Å². The zero-order valence-corrected chi connectivity index (χ0v) is 14.9. The van der Waals surface area contributed by atoms with E-state index in [-0.39, 0.29) is 24.7 Å². The van der Waals surface area contributed by atoms with Crippen LogP contribution in [-0.2, 0) is 11.3 Å². The van der Waals surface area contributed by atoms with Gasteiger partial charge in [0.1, 0.15) is 17.9 Å². The molecule has 1 aromatic heterocycles. The van der Waals surface area contributed by atoms with Crippen molar-refractivity contribution in [2.45, 2.75) is 34.3 Å². The van der Waals surface area contributed by atoms with Crippen molar-refractivity contribution < 1.29 is 14.3 Å². The number of nitrogens with two attached hydrogens (primary N) is 1. The fourth-order valence-corrected chi connectivity index (χ4v) is 2.48. The van der Waals surface area contributed by atoms with Gasteiger partial charge in [0.25, 0.3) is 0 Å². The second kappa shape index (κ2) is 7.49. The molecule has 6 nitrogen and oxygen atoms in total. The summed E-state index contributed by atoms with van der Waals surface area (Å²) in [5, 5.41) is 0.705. The molecule has 2 N–H and O–H groups in total. The first kappa shape index (κ1) is 18.0. The van der Waals surface area contributed by atoms with E-state index in [1.54, 1.807) is 13.8 Å². The normalized spacial score (nSPS) is 10.5. The van der Waals surface area contributed by atoms with Crippen LogP contribution in [0.3, 0.4) is 0 Å². The first-order valence-corrected chi connectivity index (χ1v) is 7.91. The summed E-state index contributed by atoms with van der Waals surface area (Å²) in [6.07, 6.45) is 0. The highest BCUT2D eigenvalue weighted by atomic mass is 35.5. The minimum atomic E-state index is -0.489. The maximum atomic E-state index is 12.1. The number of carbonyl (C=O) groups excluding carboxylic acids is 1. The molecule has 0 saturated carbocycles. The molecular formula is C17H20ClN3O3. The maximum Gasteiger partial charge on any atom is 0.341 e. The van der Waals surface area contributed by atoms with Gasteiger partial charge >= 0.3 is 5.97 Å². The molecule has 0 atom stereocenters. The standard InChI is InChI=1S/C17H20ClN3O3/c1-5-23-16(22)14-11(4)20-17(19)21-13(14)8-24-12-6-9(2)15(18)10(3)7-12/h6-7H,5,8H2,1-4H3,(H2,19,20,21). The Hall–Kier alpha value is -2.34. The predicted octanol–water partition coefficient (Wildman–Crippen LogP) is 3.39. The van der Waals surface area contributed by atoms with Gasteiger partial charge in [0.05, 0.1) is 18.0 Å². The summed E-state index contributed by atoms with van der Waals surface area (Å²) in [4.78, 5) is 20.3. The Morgan fingerprint density at radius 3 is 2.42 bits per heavy atom. The van der Waals surface area contributed by atoms with E-state index in [0.717, 1.165) is 11.1 Å². The number of aryl methyl sites for hydroxylation is 3. The van der Waals surface area contributed by atoms with Crippen molar-refractivity contribution in [2.75, 3.05) is 12.3 Å². The van der Waals surface area contributed by atoms with Crippen LogP contribution in [0.2, 0.25) is 5.02 Å². The first-order chi connectivity index (χ1) is 11.3. The zero-order chi connectivity index (χ0) is 17.9. The van der Waals surface area contributed by atoms with Gasteiger partial charge in [-0.1, -0.05) is 11.6 Å². The minimum Gasteiger partial charge on any atom is -0.487 e. The number of nitrogen functional groups attached to an aromatic ring is 1. The molecule has 1 aromatic carbocycles. The van der Waals surface area contributed by atoms with E-state index < -0.39 is 5.97 Å². The molecule has 0 aliphatic heterocycles. The fraction of sp³-hybridized carbons (Fsp3) is 0.353. The number of rotatable bonds is 5. The second-order valence-corrected chi connectivity index (χ2v) is 5.75. The number of hydrogen-bond donors (Lipinski definition) is 1. The first-order valence-electron chi connectivity index (χ1n) is 7.53.